The highest BCUT2D eigenvalue weighted by Crippen LogP contribution is 2.38. The van der Waals surface area contributed by atoms with Crippen LogP contribution < -0.4 is 0 Å². The molecule has 23 heavy (non-hydrogen) atoms. The number of cyclic esters (lactones) is 1. The number of hydrogen-bond acceptors (Lipinski definition) is 2. The van der Waals surface area contributed by atoms with Crippen molar-refractivity contribution >= 4 is 16.9 Å². The molecule has 2 aromatic carbocycles. The molecule has 4 rings (SSSR count). The molecule has 3 aromatic rings. The fourth-order valence-corrected chi connectivity index (χ4v) is 3.22. The number of carbonyl (C=O) groups is 1. The lowest BCUT2D eigenvalue weighted by Gasteiger charge is -2.15. The zero-order valence-corrected chi connectivity index (χ0v) is 13.0. The van der Waals surface area contributed by atoms with Gasteiger partial charge in [0.1, 0.15) is 6.10 Å². The fourth-order valence-electron chi connectivity index (χ4n) is 3.22. The molecule has 3 nitrogen and oxygen atoms in total. The van der Waals surface area contributed by atoms with Gasteiger partial charge in [-0.3, -0.25) is 0 Å². The number of esters is 1. The van der Waals surface area contributed by atoms with E-state index in [1.807, 2.05) is 25.2 Å². The number of aryl methyl sites for hydroxylation is 1. The van der Waals surface area contributed by atoms with Gasteiger partial charge < -0.3 is 9.30 Å². The maximum absolute atomic E-state index is 11.7. The molecule has 0 aliphatic carbocycles. The molecule has 1 saturated heterocycles. The second-order valence-electron chi connectivity index (χ2n) is 5.99. The predicted octanol–water partition coefficient (Wildman–Crippen LogP) is 4.39. The lowest BCUT2D eigenvalue weighted by Crippen LogP contribution is -2.00. The summed E-state index contributed by atoms with van der Waals surface area (Å²) in [5, 5.41) is 1.20. The number of aromatic nitrogens is 1. The Morgan fingerprint density at radius 1 is 1.17 bits per heavy atom. The van der Waals surface area contributed by atoms with Crippen molar-refractivity contribution in [3.8, 4) is 11.1 Å². The summed E-state index contributed by atoms with van der Waals surface area (Å²) in [5.74, 6) is -0.289. The molecule has 0 radical (unpaired) electrons. The molecule has 2 heterocycles. The molecule has 1 aliphatic rings. The van der Waals surface area contributed by atoms with Crippen LogP contribution in [0, 0.1) is 0 Å². The van der Waals surface area contributed by atoms with Gasteiger partial charge in [-0.2, -0.15) is 0 Å². The lowest BCUT2D eigenvalue weighted by atomic mass is 9.94. The number of fused-ring (bicyclic) bond motifs is 1. The molecule has 0 unspecified atom stereocenters. The van der Waals surface area contributed by atoms with Crippen LogP contribution in [0.15, 0.2) is 66.9 Å². The zero-order valence-electron chi connectivity index (χ0n) is 13.0. The quantitative estimate of drug-likeness (QED) is 0.519. The molecule has 1 fully saturated rings. The number of nitrogens with zero attached hydrogens (tertiary/aromatic N) is 1. The van der Waals surface area contributed by atoms with Crippen molar-refractivity contribution < 1.29 is 9.53 Å². The first-order chi connectivity index (χ1) is 11.1. The van der Waals surface area contributed by atoms with Crippen LogP contribution in [-0.4, -0.2) is 10.5 Å². The third-order valence-corrected chi connectivity index (χ3v) is 4.47. The van der Waals surface area contributed by atoms with Crippen molar-refractivity contribution in [3.05, 3.63) is 72.4 Å². The number of benzene rings is 2. The van der Waals surface area contributed by atoms with E-state index in [4.69, 9.17) is 4.74 Å². The van der Waals surface area contributed by atoms with Gasteiger partial charge in [0.25, 0.3) is 0 Å². The molecule has 3 heteroatoms. The first-order valence-electron chi connectivity index (χ1n) is 7.66. The standard InChI is InChI=1S/C20H17NO2/c1-13-11-19(23-20(13)22)17-6-4-3-5-16(17)14-7-8-18-15(12-14)9-10-21(18)2/h3-10,12,19H,1,11H2,2H3/t19-/m1/s1. The van der Waals surface area contributed by atoms with Crippen molar-refractivity contribution in [3.63, 3.8) is 0 Å². The summed E-state index contributed by atoms with van der Waals surface area (Å²) >= 11 is 0. The third-order valence-electron chi connectivity index (χ3n) is 4.47. The van der Waals surface area contributed by atoms with Crippen LogP contribution in [0.1, 0.15) is 18.1 Å². The van der Waals surface area contributed by atoms with E-state index in [1.165, 1.54) is 10.9 Å². The van der Waals surface area contributed by atoms with Crippen LogP contribution >= 0.6 is 0 Å². The summed E-state index contributed by atoms with van der Waals surface area (Å²) in [5.41, 5.74) is 5.02. The van der Waals surface area contributed by atoms with Gasteiger partial charge in [-0.15, -0.1) is 0 Å². The fraction of sp³-hybridized carbons (Fsp3) is 0.150. The predicted molar refractivity (Wildman–Crippen MR) is 90.9 cm³/mol. The van der Waals surface area contributed by atoms with Crippen molar-refractivity contribution in [2.45, 2.75) is 12.5 Å². The Bertz CT molecular complexity index is 920. The summed E-state index contributed by atoms with van der Waals surface area (Å²) in [4.78, 5) is 11.7. The first kappa shape index (κ1) is 13.8. The molecule has 1 aromatic heterocycles. The maximum Gasteiger partial charge on any atom is 0.334 e. The summed E-state index contributed by atoms with van der Waals surface area (Å²) in [7, 11) is 2.04. The van der Waals surface area contributed by atoms with Crippen molar-refractivity contribution in [1.29, 1.82) is 0 Å². The van der Waals surface area contributed by atoms with Gasteiger partial charge in [0, 0.05) is 41.7 Å². The number of hydrogen-bond donors (Lipinski definition) is 0. The first-order valence-corrected chi connectivity index (χ1v) is 7.66. The van der Waals surface area contributed by atoms with E-state index in [1.54, 1.807) is 0 Å². The SMILES string of the molecule is C=C1C[C@H](c2ccccc2-c2ccc3c(ccn3C)c2)OC1=O. The van der Waals surface area contributed by atoms with E-state index >= 15 is 0 Å². The highest BCUT2D eigenvalue weighted by atomic mass is 16.5. The van der Waals surface area contributed by atoms with Crippen molar-refractivity contribution in [1.82, 2.24) is 4.57 Å². The third kappa shape index (κ3) is 2.25. The normalized spacial score (nSPS) is 17.7. The van der Waals surface area contributed by atoms with Crippen molar-refractivity contribution in [2.75, 3.05) is 0 Å². The molecule has 0 amide bonds. The topological polar surface area (TPSA) is 31.2 Å². The highest BCUT2D eigenvalue weighted by Gasteiger charge is 2.30. The molecule has 0 bridgehead atoms. The van der Waals surface area contributed by atoms with Crippen LogP contribution in [0.25, 0.3) is 22.0 Å². The van der Waals surface area contributed by atoms with Gasteiger partial charge in [-0.05, 0) is 29.3 Å². The van der Waals surface area contributed by atoms with Gasteiger partial charge in [-0.1, -0.05) is 36.9 Å². The van der Waals surface area contributed by atoms with Gasteiger partial charge in [0.15, 0.2) is 0 Å². The second-order valence-corrected chi connectivity index (χ2v) is 5.99. The summed E-state index contributed by atoms with van der Waals surface area (Å²) < 4.78 is 7.58. The minimum absolute atomic E-state index is 0.238. The molecule has 1 atom stereocenters. The lowest BCUT2D eigenvalue weighted by molar-refractivity contribution is -0.139. The Morgan fingerprint density at radius 3 is 2.78 bits per heavy atom. The second kappa shape index (κ2) is 5.13. The molecule has 0 saturated carbocycles. The Morgan fingerprint density at radius 2 is 2.00 bits per heavy atom. The number of ether oxygens (including phenoxy) is 1. The summed E-state index contributed by atoms with van der Waals surface area (Å²) in [6, 6.07) is 16.6. The average molecular weight is 303 g/mol. The summed E-state index contributed by atoms with van der Waals surface area (Å²) in [6.07, 6.45) is 2.38. The monoisotopic (exact) mass is 303 g/mol. The number of rotatable bonds is 2. The van der Waals surface area contributed by atoms with Crippen LogP contribution in [0.4, 0.5) is 0 Å². The Kier molecular flexibility index (Phi) is 3.08. The molecule has 114 valence electrons. The van der Waals surface area contributed by atoms with E-state index in [-0.39, 0.29) is 12.1 Å². The van der Waals surface area contributed by atoms with E-state index in [9.17, 15) is 4.79 Å². The van der Waals surface area contributed by atoms with E-state index in [2.05, 4.69) is 47.7 Å². The molecular weight excluding hydrogens is 286 g/mol. The van der Waals surface area contributed by atoms with Crippen molar-refractivity contribution in [2.24, 2.45) is 7.05 Å². The molecule has 1 aliphatic heterocycles. The molecule has 0 spiro atoms. The largest absolute Gasteiger partial charge is 0.454 e. The molecular formula is C20H17NO2. The van der Waals surface area contributed by atoms with Gasteiger partial charge in [0.2, 0.25) is 0 Å². The Hall–Kier alpha value is -2.81. The van der Waals surface area contributed by atoms with Gasteiger partial charge >= 0.3 is 5.97 Å². The Labute approximate surface area is 134 Å². The van der Waals surface area contributed by atoms with Gasteiger partial charge in [0.05, 0.1) is 0 Å². The average Bonchev–Trinajstić information content (AvgIpc) is 3.10. The number of carbonyl (C=O) groups excluding carboxylic acids is 1. The van der Waals surface area contributed by atoms with Crippen LogP contribution in [0.3, 0.4) is 0 Å². The van der Waals surface area contributed by atoms with E-state index in [0.717, 1.165) is 16.7 Å². The Balaban J connectivity index is 1.82. The smallest absolute Gasteiger partial charge is 0.334 e. The van der Waals surface area contributed by atoms with Crippen LogP contribution in [0.2, 0.25) is 0 Å². The van der Waals surface area contributed by atoms with Crippen LogP contribution in [0.5, 0.6) is 0 Å². The van der Waals surface area contributed by atoms with E-state index < -0.39 is 0 Å². The minimum Gasteiger partial charge on any atom is -0.454 e. The van der Waals surface area contributed by atoms with Gasteiger partial charge in [-0.25, -0.2) is 4.79 Å². The highest BCUT2D eigenvalue weighted by molar-refractivity contribution is 5.91. The molecule has 0 N–H and O–H groups in total. The summed E-state index contributed by atoms with van der Waals surface area (Å²) in [6.45, 7) is 3.78. The minimum atomic E-state index is -0.289. The maximum atomic E-state index is 11.7. The zero-order chi connectivity index (χ0) is 16.0. The van der Waals surface area contributed by atoms with E-state index in [0.29, 0.717) is 12.0 Å². The van der Waals surface area contributed by atoms with Crippen LogP contribution in [-0.2, 0) is 16.6 Å².